The molecular weight excluding hydrogens is 272 g/mol. The lowest BCUT2D eigenvalue weighted by Crippen LogP contribution is -2.53. The molecule has 3 rings (SSSR count). The maximum atomic E-state index is 12.9. The Kier molecular flexibility index (Phi) is 3.24. The number of thioether (sulfide) groups is 1. The smallest absolute Gasteiger partial charge is 0.259 e. The van der Waals surface area contributed by atoms with Crippen molar-refractivity contribution in [3.63, 3.8) is 0 Å². The number of carbonyl (C=O) groups excluding carboxylic acids is 2. The summed E-state index contributed by atoms with van der Waals surface area (Å²) in [7, 11) is 0. The Hall–Kier alpha value is -1.49. The van der Waals surface area contributed by atoms with E-state index in [1.165, 1.54) is 11.8 Å². The molecule has 2 aliphatic rings. The van der Waals surface area contributed by atoms with E-state index in [1.54, 1.807) is 4.90 Å². The SMILES string of the molecule is CCN(CC)C(=O)[C@]12CCC(=O)N1c1ccccc1S2. The van der Waals surface area contributed by atoms with E-state index in [9.17, 15) is 9.59 Å². The van der Waals surface area contributed by atoms with Crippen molar-refractivity contribution in [2.75, 3.05) is 18.0 Å². The van der Waals surface area contributed by atoms with Gasteiger partial charge in [0, 0.05) is 24.4 Å². The van der Waals surface area contributed by atoms with Gasteiger partial charge in [0.15, 0.2) is 4.87 Å². The summed E-state index contributed by atoms with van der Waals surface area (Å²) in [6.07, 6.45) is 1.05. The van der Waals surface area contributed by atoms with Gasteiger partial charge in [-0.2, -0.15) is 0 Å². The first-order valence-corrected chi connectivity index (χ1v) is 7.86. The molecule has 0 aliphatic carbocycles. The summed E-state index contributed by atoms with van der Waals surface area (Å²) >= 11 is 1.54. The largest absolute Gasteiger partial charge is 0.340 e. The van der Waals surface area contributed by atoms with Gasteiger partial charge < -0.3 is 4.90 Å². The van der Waals surface area contributed by atoms with Gasteiger partial charge in [0.1, 0.15) is 0 Å². The maximum Gasteiger partial charge on any atom is 0.259 e. The van der Waals surface area contributed by atoms with Gasteiger partial charge in [0.25, 0.3) is 5.91 Å². The van der Waals surface area contributed by atoms with Crippen LogP contribution in [0.1, 0.15) is 26.7 Å². The van der Waals surface area contributed by atoms with Crippen molar-refractivity contribution in [1.29, 1.82) is 0 Å². The van der Waals surface area contributed by atoms with E-state index in [0.717, 1.165) is 10.6 Å². The third kappa shape index (κ3) is 1.69. The molecule has 5 heteroatoms. The predicted octanol–water partition coefficient (Wildman–Crippen LogP) is 2.48. The molecule has 1 fully saturated rings. The van der Waals surface area contributed by atoms with Crippen molar-refractivity contribution >= 4 is 29.3 Å². The summed E-state index contributed by atoms with van der Waals surface area (Å²) in [5.74, 6) is 0.123. The Balaban J connectivity index is 2.05. The monoisotopic (exact) mass is 290 g/mol. The van der Waals surface area contributed by atoms with E-state index in [0.29, 0.717) is 25.9 Å². The van der Waals surface area contributed by atoms with Crippen LogP contribution in [-0.4, -0.2) is 34.7 Å². The van der Waals surface area contributed by atoms with E-state index in [-0.39, 0.29) is 11.8 Å². The molecule has 0 bridgehead atoms. The zero-order valence-corrected chi connectivity index (χ0v) is 12.6. The molecule has 0 aromatic heterocycles. The number of para-hydroxylation sites is 1. The molecule has 2 heterocycles. The first-order valence-electron chi connectivity index (χ1n) is 7.04. The molecule has 2 aliphatic heterocycles. The van der Waals surface area contributed by atoms with Crippen LogP contribution in [0.4, 0.5) is 5.69 Å². The number of benzene rings is 1. The number of hydrogen-bond acceptors (Lipinski definition) is 3. The lowest BCUT2D eigenvalue weighted by atomic mass is 10.1. The van der Waals surface area contributed by atoms with Crippen LogP contribution in [0, 0.1) is 0 Å². The third-order valence-electron chi connectivity index (χ3n) is 4.06. The molecule has 2 amide bonds. The summed E-state index contributed by atoms with van der Waals surface area (Å²) in [5, 5.41) is 0. The molecule has 1 aromatic carbocycles. The Labute approximate surface area is 123 Å². The van der Waals surface area contributed by atoms with Gasteiger partial charge in [-0.15, -0.1) is 0 Å². The highest BCUT2D eigenvalue weighted by Gasteiger charge is 2.58. The maximum absolute atomic E-state index is 12.9. The number of amides is 2. The minimum absolute atomic E-state index is 0.0583. The fourth-order valence-electron chi connectivity index (χ4n) is 3.04. The molecule has 1 atom stereocenters. The van der Waals surface area contributed by atoms with Crippen LogP contribution < -0.4 is 4.90 Å². The number of rotatable bonds is 3. The second-order valence-electron chi connectivity index (χ2n) is 5.06. The van der Waals surface area contributed by atoms with Crippen LogP contribution in [0.15, 0.2) is 29.2 Å². The third-order valence-corrected chi connectivity index (χ3v) is 5.52. The van der Waals surface area contributed by atoms with Crippen LogP contribution in [-0.2, 0) is 9.59 Å². The standard InChI is InChI=1S/C15H18N2O2S/c1-3-16(4-2)14(19)15-10-9-13(18)17(15)11-7-5-6-8-12(11)20-15/h5-8H,3-4,9-10H2,1-2H3/t15-/m1/s1. The van der Waals surface area contributed by atoms with Gasteiger partial charge in [-0.3, -0.25) is 14.5 Å². The van der Waals surface area contributed by atoms with Gasteiger partial charge in [-0.05, 0) is 32.4 Å². The lowest BCUT2D eigenvalue weighted by molar-refractivity contribution is -0.133. The van der Waals surface area contributed by atoms with Crippen LogP contribution in [0.25, 0.3) is 0 Å². The topological polar surface area (TPSA) is 40.6 Å². The highest BCUT2D eigenvalue weighted by molar-refractivity contribution is 8.02. The van der Waals surface area contributed by atoms with E-state index in [1.807, 2.05) is 43.0 Å². The number of hydrogen-bond donors (Lipinski definition) is 0. The van der Waals surface area contributed by atoms with Crippen LogP contribution in [0.2, 0.25) is 0 Å². The number of nitrogens with zero attached hydrogens (tertiary/aromatic N) is 2. The summed E-state index contributed by atoms with van der Waals surface area (Å²) < 4.78 is 0. The van der Waals surface area contributed by atoms with Gasteiger partial charge >= 0.3 is 0 Å². The van der Waals surface area contributed by atoms with E-state index in [4.69, 9.17) is 0 Å². The Morgan fingerprint density at radius 1 is 1.35 bits per heavy atom. The molecule has 1 saturated heterocycles. The Morgan fingerprint density at radius 2 is 2.05 bits per heavy atom. The van der Waals surface area contributed by atoms with Crippen molar-refractivity contribution in [2.24, 2.45) is 0 Å². The number of anilines is 1. The molecule has 106 valence electrons. The molecule has 0 radical (unpaired) electrons. The zero-order valence-electron chi connectivity index (χ0n) is 11.8. The molecule has 0 N–H and O–H groups in total. The van der Waals surface area contributed by atoms with Crippen molar-refractivity contribution in [1.82, 2.24) is 4.90 Å². The fraction of sp³-hybridized carbons (Fsp3) is 0.467. The second-order valence-corrected chi connectivity index (χ2v) is 6.38. The van der Waals surface area contributed by atoms with Gasteiger partial charge in [-0.25, -0.2) is 0 Å². The molecule has 4 nitrogen and oxygen atoms in total. The first-order chi connectivity index (χ1) is 9.64. The molecule has 0 unspecified atom stereocenters. The average Bonchev–Trinajstić information content (AvgIpc) is 2.96. The number of likely N-dealkylation sites (N-methyl/N-ethyl adjacent to an activating group) is 1. The summed E-state index contributed by atoms with van der Waals surface area (Å²) in [6.45, 7) is 5.31. The zero-order chi connectivity index (χ0) is 14.3. The predicted molar refractivity (Wildman–Crippen MR) is 79.7 cm³/mol. The minimum atomic E-state index is -0.743. The van der Waals surface area contributed by atoms with E-state index < -0.39 is 4.87 Å². The van der Waals surface area contributed by atoms with Gasteiger partial charge in [0.05, 0.1) is 5.69 Å². The molecule has 0 spiro atoms. The fourth-order valence-corrected chi connectivity index (χ4v) is 4.53. The molecular formula is C15H18N2O2S. The van der Waals surface area contributed by atoms with Gasteiger partial charge in [0.2, 0.25) is 5.91 Å². The summed E-state index contributed by atoms with van der Waals surface area (Å²) in [4.78, 5) is 29.0. The number of fused-ring (bicyclic) bond motifs is 3. The van der Waals surface area contributed by atoms with E-state index in [2.05, 4.69) is 0 Å². The van der Waals surface area contributed by atoms with Crippen molar-refractivity contribution < 1.29 is 9.59 Å². The van der Waals surface area contributed by atoms with Crippen LogP contribution in [0.3, 0.4) is 0 Å². The minimum Gasteiger partial charge on any atom is -0.340 e. The average molecular weight is 290 g/mol. The quantitative estimate of drug-likeness (QED) is 0.858. The van der Waals surface area contributed by atoms with Crippen LogP contribution >= 0.6 is 11.8 Å². The first kappa shape index (κ1) is 13.5. The Morgan fingerprint density at radius 3 is 2.75 bits per heavy atom. The normalized spacial score (nSPS) is 23.7. The highest BCUT2D eigenvalue weighted by Crippen LogP contribution is 2.56. The highest BCUT2D eigenvalue weighted by atomic mass is 32.2. The summed E-state index contributed by atoms with van der Waals surface area (Å²) in [5.41, 5.74) is 0.889. The van der Waals surface area contributed by atoms with Crippen molar-refractivity contribution in [3.05, 3.63) is 24.3 Å². The van der Waals surface area contributed by atoms with Gasteiger partial charge in [-0.1, -0.05) is 23.9 Å². The van der Waals surface area contributed by atoms with Crippen LogP contribution in [0.5, 0.6) is 0 Å². The lowest BCUT2D eigenvalue weighted by Gasteiger charge is -2.34. The number of carbonyl (C=O) groups is 2. The van der Waals surface area contributed by atoms with Crippen molar-refractivity contribution in [3.8, 4) is 0 Å². The van der Waals surface area contributed by atoms with E-state index >= 15 is 0 Å². The Bertz CT molecular complexity index is 571. The summed E-state index contributed by atoms with van der Waals surface area (Å²) in [6, 6.07) is 7.79. The van der Waals surface area contributed by atoms with Crippen molar-refractivity contribution in [2.45, 2.75) is 36.5 Å². The molecule has 0 saturated carbocycles. The second kappa shape index (κ2) is 4.81. The molecule has 1 aromatic rings. The molecule has 20 heavy (non-hydrogen) atoms.